The molecule has 0 aliphatic heterocycles. The van der Waals surface area contributed by atoms with Crippen LogP contribution >= 0.6 is 0 Å². The number of aliphatic carboxylic acids is 1. The number of aliphatic hydroxyl groups is 1. The van der Waals surface area contributed by atoms with E-state index in [1.807, 2.05) is 0 Å². The van der Waals surface area contributed by atoms with Crippen LogP contribution in [0.25, 0.3) is 0 Å². The molecule has 0 unspecified atom stereocenters. The maximum absolute atomic E-state index is 10.6. The molecule has 0 bridgehead atoms. The average molecular weight is 192 g/mol. The monoisotopic (exact) mass is 192 g/mol. The van der Waals surface area contributed by atoms with Crippen LogP contribution in [-0.4, -0.2) is 46.2 Å². The number of nitrogens with zero attached hydrogens (tertiary/aromatic N) is 1. The lowest BCUT2D eigenvalue weighted by molar-refractivity contribution is -0.467. The van der Waals surface area contributed by atoms with Crippen LogP contribution in [0.5, 0.6) is 0 Å². The molecule has 0 aromatic heterocycles. The van der Waals surface area contributed by atoms with Crippen molar-refractivity contribution in [3.05, 3.63) is 10.1 Å². The number of aliphatic hydroxyl groups excluding tert-OH is 1. The summed E-state index contributed by atoms with van der Waals surface area (Å²) < 4.78 is 0. The SMILES string of the molecule is O=C(C[N+](=O)[O-])N[C@@H](CO)C(=O)O. The van der Waals surface area contributed by atoms with Crippen molar-refractivity contribution in [3.63, 3.8) is 0 Å². The third-order valence-electron chi connectivity index (χ3n) is 1.09. The highest BCUT2D eigenvalue weighted by molar-refractivity contribution is 5.84. The Morgan fingerprint density at radius 3 is 2.38 bits per heavy atom. The maximum atomic E-state index is 10.6. The fourth-order valence-corrected chi connectivity index (χ4v) is 0.543. The Kier molecular flexibility index (Phi) is 4.38. The van der Waals surface area contributed by atoms with Crippen LogP contribution in [0.15, 0.2) is 0 Å². The average Bonchev–Trinajstić information content (AvgIpc) is 1.98. The highest BCUT2D eigenvalue weighted by Crippen LogP contribution is 1.82. The van der Waals surface area contributed by atoms with Gasteiger partial charge in [0.15, 0.2) is 6.04 Å². The van der Waals surface area contributed by atoms with E-state index < -0.39 is 36.0 Å². The van der Waals surface area contributed by atoms with Gasteiger partial charge in [-0.25, -0.2) is 4.79 Å². The number of carbonyl (C=O) groups excluding carboxylic acids is 1. The topological polar surface area (TPSA) is 130 Å². The summed E-state index contributed by atoms with van der Waals surface area (Å²) in [7, 11) is 0. The quantitative estimate of drug-likeness (QED) is 0.335. The van der Waals surface area contributed by atoms with E-state index in [2.05, 4.69) is 0 Å². The molecule has 0 aliphatic carbocycles. The van der Waals surface area contributed by atoms with E-state index in [4.69, 9.17) is 10.2 Å². The van der Waals surface area contributed by atoms with Gasteiger partial charge in [-0.05, 0) is 0 Å². The van der Waals surface area contributed by atoms with Crippen molar-refractivity contribution in [1.29, 1.82) is 0 Å². The van der Waals surface area contributed by atoms with Gasteiger partial charge in [-0.15, -0.1) is 0 Å². The second-order valence-electron chi connectivity index (χ2n) is 2.13. The van der Waals surface area contributed by atoms with Gasteiger partial charge in [0.2, 0.25) is 0 Å². The zero-order valence-electron chi connectivity index (χ0n) is 6.47. The molecule has 0 aromatic carbocycles. The number of carboxylic acids is 1. The minimum atomic E-state index is -1.49. The van der Waals surface area contributed by atoms with Crippen LogP contribution in [0.1, 0.15) is 0 Å². The molecular weight excluding hydrogens is 184 g/mol. The summed E-state index contributed by atoms with van der Waals surface area (Å²) in [6.45, 7) is -1.82. The van der Waals surface area contributed by atoms with Crippen molar-refractivity contribution in [1.82, 2.24) is 5.32 Å². The largest absolute Gasteiger partial charge is 0.480 e. The number of rotatable bonds is 5. The fourth-order valence-electron chi connectivity index (χ4n) is 0.543. The van der Waals surface area contributed by atoms with E-state index in [0.717, 1.165) is 0 Å². The van der Waals surface area contributed by atoms with Crippen LogP contribution in [0, 0.1) is 10.1 Å². The lowest BCUT2D eigenvalue weighted by atomic mass is 10.3. The third-order valence-corrected chi connectivity index (χ3v) is 1.09. The molecule has 8 heteroatoms. The standard InChI is InChI=1S/C5H8N2O6/c8-2-3(5(10)11)6-4(9)1-7(12)13/h3,8H,1-2H2,(H,6,9)(H,10,11)/t3-/m0/s1. The van der Waals surface area contributed by atoms with Gasteiger partial charge in [0.05, 0.1) is 6.61 Å². The Labute approximate surface area is 72.3 Å². The summed E-state index contributed by atoms with van der Waals surface area (Å²) in [4.78, 5) is 29.7. The molecule has 1 amide bonds. The van der Waals surface area contributed by atoms with Crippen LogP contribution < -0.4 is 5.32 Å². The van der Waals surface area contributed by atoms with Gasteiger partial charge in [0.25, 0.3) is 12.5 Å². The summed E-state index contributed by atoms with van der Waals surface area (Å²) in [5.41, 5.74) is 0. The van der Waals surface area contributed by atoms with Crippen molar-refractivity contribution in [2.75, 3.05) is 13.2 Å². The first-order chi connectivity index (χ1) is 5.97. The summed E-state index contributed by atoms with van der Waals surface area (Å²) in [5.74, 6) is -2.49. The lowest BCUT2D eigenvalue weighted by Crippen LogP contribution is -2.45. The molecule has 0 saturated heterocycles. The first kappa shape index (κ1) is 11.3. The molecule has 0 rings (SSSR count). The molecule has 0 aliphatic rings. The number of carbonyl (C=O) groups is 2. The molecule has 0 fully saturated rings. The second-order valence-corrected chi connectivity index (χ2v) is 2.13. The summed E-state index contributed by atoms with van der Waals surface area (Å²) in [5, 5.41) is 28.3. The maximum Gasteiger partial charge on any atom is 0.328 e. The first-order valence-electron chi connectivity index (χ1n) is 3.22. The molecule has 0 aromatic rings. The second kappa shape index (κ2) is 5.04. The molecule has 8 nitrogen and oxygen atoms in total. The molecule has 0 saturated carbocycles. The van der Waals surface area contributed by atoms with Crippen LogP contribution in [0.3, 0.4) is 0 Å². The summed E-state index contributed by atoms with van der Waals surface area (Å²) in [6.07, 6.45) is 0. The van der Waals surface area contributed by atoms with Gasteiger partial charge in [-0.2, -0.15) is 0 Å². The zero-order valence-corrected chi connectivity index (χ0v) is 6.47. The minimum Gasteiger partial charge on any atom is -0.480 e. The number of nitro groups is 1. The number of carboxylic acid groups (broad SMARTS) is 1. The van der Waals surface area contributed by atoms with Crippen LogP contribution in [0.4, 0.5) is 0 Å². The van der Waals surface area contributed by atoms with Crippen LogP contribution in [0.2, 0.25) is 0 Å². The number of hydrogen-bond donors (Lipinski definition) is 3. The minimum absolute atomic E-state index is 0.807. The highest BCUT2D eigenvalue weighted by atomic mass is 16.6. The van der Waals surface area contributed by atoms with E-state index in [0.29, 0.717) is 0 Å². The Morgan fingerprint density at radius 1 is 1.54 bits per heavy atom. The third kappa shape index (κ3) is 4.69. The Bertz CT molecular complexity index is 227. The number of amides is 1. The van der Waals surface area contributed by atoms with Gasteiger partial charge < -0.3 is 15.5 Å². The van der Waals surface area contributed by atoms with Crippen molar-refractivity contribution >= 4 is 11.9 Å². The smallest absolute Gasteiger partial charge is 0.328 e. The zero-order chi connectivity index (χ0) is 10.4. The van der Waals surface area contributed by atoms with Crippen molar-refractivity contribution in [3.8, 4) is 0 Å². The van der Waals surface area contributed by atoms with E-state index in [1.54, 1.807) is 5.32 Å². The Hall–Kier alpha value is -1.70. The van der Waals surface area contributed by atoms with Crippen molar-refractivity contribution in [2.45, 2.75) is 6.04 Å². The van der Waals surface area contributed by atoms with Gasteiger partial charge in [0.1, 0.15) is 0 Å². The first-order valence-corrected chi connectivity index (χ1v) is 3.22. The molecule has 0 radical (unpaired) electrons. The molecule has 74 valence electrons. The van der Waals surface area contributed by atoms with Gasteiger partial charge in [-0.3, -0.25) is 14.9 Å². The summed E-state index contributed by atoms with van der Waals surface area (Å²) in [6, 6.07) is -1.49. The molecule has 13 heavy (non-hydrogen) atoms. The predicted molar refractivity (Wildman–Crippen MR) is 38.5 cm³/mol. The number of nitrogens with one attached hydrogen (secondary N) is 1. The lowest BCUT2D eigenvalue weighted by Gasteiger charge is -2.08. The van der Waals surface area contributed by atoms with E-state index in [1.165, 1.54) is 0 Å². The molecular formula is C5H8N2O6. The van der Waals surface area contributed by atoms with Crippen LogP contribution in [-0.2, 0) is 9.59 Å². The van der Waals surface area contributed by atoms with Crippen molar-refractivity contribution < 1.29 is 24.7 Å². The fraction of sp³-hybridized carbons (Fsp3) is 0.600. The molecule has 0 heterocycles. The Morgan fingerprint density at radius 2 is 2.08 bits per heavy atom. The van der Waals surface area contributed by atoms with E-state index in [9.17, 15) is 19.7 Å². The van der Waals surface area contributed by atoms with Gasteiger partial charge in [0, 0.05) is 4.92 Å². The van der Waals surface area contributed by atoms with E-state index in [-0.39, 0.29) is 0 Å². The Balaban J connectivity index is 4.01. The van der Waals surface area contributed by atoms with Gasteiger partial charge >= 0.3 is 5.97 Å². The predicted octanol–water partition coefficient (Wildman–Crippen LogP) is -2.18. The van der Waals surface area contributed by atoms with E-state index >= 15 is 0 Å². The molecule has 0 spiro atoms. The molecule has 1 atom stereocenters. The highest BCUT2D eigenvalue weighted by Gasteiger charge is 2.20. The normalized spacial score (nSPS) is 11.8. The number of hydrogen-bond acceptors (Lipinski definition) is 5. The van der Waals surface area contributed by atoms with Crippen molar-refractivity contribution in [2.24, 2.45) is 0 Å². The van der Waals surface area contributed by atoms with Gasteiger partial charge in [-0.1, -0.05) is 0 Å². The summed E-state index contributed by atoms with van der Waals surface area (Å²) >= 11 is 0. The molecule has 3 N–H and O–H groups in total.